The Labute approximate surface area is 127 Å². The van der Waals surface area contributed by atoms with E-state index in [2.05, 4.69) is 10.3 Å². The van der Waals surface area contributed by atoms with Crippen molar-refractivity contribution in [1.82, 2.24) is 4.98 Å². The fourth-order valence-electron chi connectivity index (χ4n) is 1.95. The van der Waals surface area contributed by atoms with Crippen LogP contribution in [-0.4, -0.2) is 23.1 Å². The fraction of sp³-hybridized carbons (Fsp3) is 0.312. The molecule has 0 radical (unpaired) electrons. The van der Waals surface area contributed by atoms with E-state index >= 15 is 0 Å². The van der Waals surface area contributed by atoms with Crippen LogP contribution >= 0.6 is 0 Å². The minimum atomic E-state index is -0.606. The topological polar surface area (TPSA) is 88.3 Å². The number of nitrogens with one attached hydrogen (secondary N) is 2. The number of carbonyl (C=O) groups excluding carboxylic acids is 1. The molecular formula is C16H18N2O4. The molecule has 0 saturated heterocycles. The Morgan fingerprint density at radius 1 is 1.23 bits per heavy atom. The number of aromatic nitrogens is 1. The fourth-order valence-corrected chi connectivity index (χ4v) is 1.95. The Kier molecular flexibility index (Phi) is 4.30. The first-order chi connectivity index (χ1) is 10.3. The molecule has 2 N–H and O–H groups in total. The highest BCUT2D eigenvalue weighted by Crippen LogP contribution is 2.08. The molecule has 0 fully saturated rings. The molecule has 2 aromatic rings. The van der Waals surface area contributed by atoms with Crippen molar-refractivity contribution >= 4 is 22.6 Å². The molecular weight excluding hydrogens is 284 g/mol. The molecule has 116 valence electrons. The summed E-state index contributed by atoms with van der Waals surface area (Å²) < 4.78 is 5.14. The van der Waals surface area contributed by atoms with Gasteiger partial charge in [-0.1, -0.05) is 12.1 Å². The van der Waals surface area contributed by atoms with Gasteiger partial charge in [-0.25, -0.2) is 0 Å². The van der Waals surface area contributed by atoms with E-state index in [0.29, 0.717) is 10.9 Å². The van der Waals surface area contributed by atoms with Crippen molar-refractivity contribution in [3.8, 4) is 0 Å². The van der Waals surface area contributed by atoms with Crippen LogP contribution in [0.1, 0.15) is 20.8 Å². The van der Waals surface area contributed by atoms with Gasteiger partial charge in [0.2, 0.25) is 0 Å². The number of benzene rings is 1. The molecule has 0 bridgehead atoms. The van der Waals surface area contributed by atoms with Gasteiger partial charge in [-0.2, -0.15) is 0 Å². The highest BCUT2D eigenvalue weighted by atomic mass is 16.6. The van der Waals surface area contributed by atoms with E-state index in [1.807, 2.05) is 0 Å². The van der Waals surface area contributed by atoms with Crippen molar-refractivity contribution in [2.24, 2.45) is 0 Å². The summed E-state index contributed by atoms with van der Waals surface area (Å²) in [4.78, 5) is 38.5. The van der Waals surface area contributed by atoms with Crippen LogP contribution < -0.4 is 16.3 Å². The normalized spacial score (nSPS) is 11.2. The first-order valence-electron chi connectivity index (χ1n) is 6.88. The number of para-hydroxylation sites is 1. The van der Waals surface area contributed by atoms with Gasteiger partial charge in [-0.15, -0.1) is 0 Å². The van der Waals surface area contributed by atoms with Crippen molar-refractivity contribution in [3.05, 3.63) is 50.9 Å². The third-order valence-corrected chi connectivity index (χ3v) is 2.80. The van der Waals surface area contributed by atoms with Crippen molar-refractivity contribution < 1.29 is 9.53 Å². The van der Waals surface area contributed by atoms with E-state index in [1.54, 1.807) is 45.0 Å². The first-order valence-corrected chi connectivity index (χ1v) is 6.88. The summed E-state index contributed by atoms with van der Waals surface area (Å²) in [6.07, 6.45) is 0. The molecule has 0 aliphatic heterocycles. The molecule has 22 heavy (non-hydrogen) atoms. The summed E-state index contributed by atoms with van der Waals surface area (Å²) >= 11 is 0. The molecule has 1 aromatic heterocycles. The SMILES string of the molecule is CC(C)(C)OC(=O)CNc1cc(=O)c2ccccc2[nH]c1=O. The number of hydrogen-bond acceptors (Lipinski definition) is 5. The molecule has 0 aliphatic rings. The lowest BCUT2D eigenvalue weighted by Gasteiger charge is -2.19. The molecule has 0 atom stereocenters. The van der Waals surface area contributed by atoms with E-state index < -0.39 is 17.1 Å². The zero-order valence-electron chi connectivity index (χ0n) is 12.7. The van der Waals surface area contributed by atoms with Gasteiger partial charge in [0, 0.05) is 11.5 Å². The maximum absolute atomic E-state index is 12.1. The average molecular weight is 302 g/mol. The summed E-state index contributed by atoms with van der Waals surface area (Å²) in [6.45, 7) is 5.06. The second kappa shape index (κ2) is 6.01. The zero-order chi connectivity index (χ0) is 16.3. The third kappa shape index (κ3) is 3.94. The standard InChI is InChI=1S/C16H18N2O4/c1-16(2,3)22-14(20)9-17-12-8-13(19)10-6-4-5-7-11(10)18-15(12)21/h4-8,17H,9H2,1-3H3,(H,18,21). The Bertz CT molecular complexity index is 819. The molecule has 0 spiro atoms. The molecule has 0 saturated carbocycles. The van der Waals surface area contributed by atoms with Crippen LogP contribution in [0.2, 0.25) is 0 Å². The molecule has 0 unspecified atom stereocenters. The summed E-state index contributed by atoms with van der Waals surface area (Å²) in [7, 11) is 0. The van der Waals surface area contributed by atoms with E-state index in [1.165, 1.54) is 6.07 Å². The average Bonchev–Trinajstić information content (AvgIpc) is 2.52. The zero-order valence-corrected chi connectivity index (χ0v) is 12.7. The van der Waals surface area contributed by atoms with Crippen LogP contribution in [0.5, 0.6) is 0 Å². The highest BCUT2D eigenvalue weighted by Gasteiger charge is 2.16. The molecule has 1 aromatic carbocycles. The Balaban J connectivity index is 2.30. The van der Waals surface area contributed by atoms with Gasteiger partial charge in [-0.3, -0.25) is 14.4 Å². The van der Waals surface area contributed by atoms with Gasteiger partial charge in [0.05, 0.1) is 5.52 Å². The highest BCUT2D eigenvalue weighted by molar-refractivity contribution is 5.79. The second-order valence-corrected chi connectivity index (χ2v) is 5.86. The minimum absolute atomic E-state index is 0.0343. The van der Waals surface area contributed by atoms with E-state index in [9.17, 15) is 14.4 Å². The van der Waals surface area contributed by atoms with E-state index in [0.717, 1.165) is 0 Å². The first kappa shape index (κ1) is 15.8. The lowest BCUT2D eigenvalue weighted by atomic mass is 10.2. The Morgan fingerprint density at radius 3 is 2.59 bits per heavy atom. The molecule has 6 nitrogen and oxygen atoms in total. The number of H-pyrrole nitrogens is 1. The van der Waals surface area contributed by atoms with Gasteiger partial charge in [-0.05, 0) is 32.9 Å². The number of ether oxygens (including phenoxy) is 1. The summed E-state index contributed by atoms with van der Waals surface area (Å²) in [5.41, 5.74) is -0.900. The van der Waals surface area contributed by atoms with Crippen LogP contribution in [0.25, 0.3) is 10.9 Å². The van der Waals surface area contributed by atoms with E-state index in [-0.39, 0.29) is 17.7 Å². The number of esters is 1. The predicted octanol–water partition coefficient (Wildman–Crippen LogP) is 1.64. The van der Waals surface area contributed by atoms with Crippen LogP contribution in [0, 0.1) is 0 Å². The number of carbonyl (C=O) groups is 1. The summed E-state index contributed by atoms with van der Waals surface area (Å²) in [5, 5.41) is 3.06. The van der Waals surface area contributed by atoms with Gasteiger partial charge in [0.15, 0.2) is 5.43 Å². The summed E-state index contributed by atoms with van der Waals surface area (Å²) in [6, 6.07) is 7.91. The largest absolute Gasteiger partial charge is 0.459 e. The number of aromatic amines is 1. The van der Waals surface area contributed by atoms with Crippen molar-refractivity contribution in [3.63, 3.8) is 0 Å². The number of fused-ring (bicyclic) bond motifs is 1. The molecule has 0 amide bonds. The van der Waals surface area contributed by atoms with Crippen molar-refractivity contribution in [1.29, 1.82) is 0 Å². The maximum Gasteiger partial charge on any atom is 0.325 e. The van der Waals surface area contributed by atoms with Crippen molar-refractivity contribution in [2.45, 2.75) is 26.4 Å². The van der Waals surface area contributed by atoms with Gasteiger partial charge in [0.1, 0.15) is 17.8 Å². The minimum Gasteiger partial charge on any atom is -0.459 e. The second-order valence-electron chi connectivity index (χ2n) is 5.86. The quantitative estimate of drug-likeness (QED) is 0.842. The van der Waals surface area contributed by atoms with E-state index in [4.69, 9.17) is 4.74 Å². The monoisotopic (exact) mass is 302 g/mol. The number of rotatable bonds is 3. The van der Waals surface area contributed by atoms with Crippen LogP contribution in [0.15, 0.2) is 39.9 Å². The predicted molar refractivity (Wildman–Crippen MR) is 85.2 cm³/mol. The Hall–Kier alpha value is -2.63. The number of anilines is 1. The maximum atomic E-state index is 12.1. The third-order valence-electron chi connectivity index (χ3n) is 2.80. The Morgan fingerprint density at radius 2 is 1.91 bits per heavy atom. The molecule has 6 heteroatoms. The van der Waals surface area contributed by atoms with Gasteiger partial charge >= 0.3 is 5.97 Å². The lowest BCUT2D eigenvalue weighted by molar-refractivity contribution is -0.152. The molecule has 0 aliphatic carbocycles. The lowest BCUT2D eigenvalue weighted by Crippen LogP contribution is -2.29. The number of hydrogen-bond donors (Lipinski definition) is 2. The molecule has 1 heterocycles. The van der Waals surface area contributed by atoms with Gasteiger partial charge < -0.3 is 15.0 Å². The van der Waals surface area contributed by atoms with Crippen LogP contribution in [0.3, 0.4) is 0 Å². The van der Waals surface area contributed by atoms with Crippen molar-refractivity contribution in [2.75, 3.05) is 11.9 Å². The van der Waals surface area contributed by atoms with Crippen LogP contribution in [0.4, 0.5) is 5.69 Å². The summed E-state index contributed by atoms with van der Waals surface area (Å²) in [5.74, 6) is -0.504. The molecule has 2 rings (SSSR count). The van der Waals surface area contributed by atoms with Crippen LogP contribution in [-0.2, 0) is 9.53 Å². The smallest absolute Gasteiger partial charge is 0.325 e. The van der Waals surface area contributed by atoms with Gasteiger partial charge in [0.25, 0.3) is 5.56 Å².